The molecule has 0 bridgehead atoms. The van der Waals surface area contributed by atoms with Crippen molar-refractivity contribution in [3.05, 3.63) is 47.5 Å². The number of likely N-dealkylation sites (tertiary alicyclic amines) is 1. The number of nitrogens with zero attached hydrogens (tertiary/aromatic N) is 1. The topological polar surface area (TPSA) is 77.5 Å². The summed E-state index contributed by atoms with van der Waals surface area (Å²) in [6.45, 7) is 0.437. The number of benzene rings is 2. The number of aliphatic hydroxyl groups is 1. The van der Waals surface area contributed by atoms with Crippen molar-refractivity contribution in [2.75, 3.05) is 35.0 Å². The fourth-order valence-electron chi connectivity index (χ4n) is 5.49. The van der Waals surface area contributed by atoms with E-state index >= 15 is 0 Å². The SMILES string of the molecule is COc1ccc(C(=O)N2CCC3(O)CCCCC3[C@@H]2c2cc(OC)ccc2OC)c(OC)c1. The molecule has 1 aliphatic carbocycles. The van der Waals surface area contributed by atoms with Gasteiger partial charge in [0, 0.05) is 24.1 Å². The highest BCUT2D eigenvalue weighted by molar-refractivity contribution is 5.97. The molecule has 1 amide bonds. The predicted octanol–water partition coefficient (Wildman–Crippen LogP) is 4.23. The molecule has 2 aromatic carbocycles. The van der Waals surface area contributed by atoms with Crippen molar-refractivity contribution in [3.8, 4) is 23.0 Å². The number of piperidine rings is 1. The minimum absolute atomic E-state index is 0.103. The van der Waals surface area contributed by atoms with Crippen molar-refractivity contribution in [1.29, 1.82) is 0 Å². The van der Waals surface area contributed by atoms with Crippen molar-refractivity contribution >= 4 is 5.91 Å². The Kier molecular flexibility index (Phi) is 6.70. The van der Waals surface area contributed by atoms with Crippen LogP contribution in [-0.2, 0) is 0 Å². The quantitative estimate of drug-likeness (QED) is 0.703. The van der Waals surface area contributed by atoms with Gasteiger partial charge in [0.25, 0.3) is 5.91 Å². The standard InChI is InChI=1S/C26H33NO6/c1-30-17-9-11-22(32-3)20(15-17)24-21-7-5-6-12-26(21,29)13-14-27(24)25(28)19-10-8-18(31-2)16-23(19)33-4/h8-11,15-16,21,24,29H,5-7,12-14H2,1-4H3/t21?,24-,26?/m0/s1. The Morgan fingerprint density at radius 3 is 2.30 bits per heavy atom. The summed E-state index contributed by atoms with van der Waals surface area (Å²) in [5.41, 5.74) is 0.506. The molecule has 4 rings (SSSR count). The second kappa shape index (κ2) is 9.51. The van der Waals surface area contributed by atoms with Crippen LogP contribution in [0.25, 0.3) is 0 Å². The second-order valence-electron chi connectivity index (χ2n) is 8.82. The zero-order chi connectivity index (χ0) is 23.6. The van der Waals surface area contributed by atoms with Gasteiger partial charge < -0.3 is 29.0 Å². The minimum atomic E-state index is -0.808. The Morgan fingerprint density at radius 1 is 0.909 bits per heavy atom. The van der Waals surface area contributed by atoms with Crippen LogP contribution in [-0.4, -0.2) is 56.5 Å². The van der Waals surface area contributed by atoms with Crippen LogP contribution < -0.4 is 18.9 Å². The highest BCUT2D eigenvalue weighted by Gasteiger charge is 2.51. The van der Waals surface area contributed by atoms with Gasteiger partial charge in [-0.05, 0) is 49.6 Å². The Balaban J connectivity index is 1.83. The average molecular weight is 456 g/mol. The number of ether oxygens (including phenoxy) is 4. The molecule has 1 saturated carbocycles. The zero-order valence-corrected chi connectivity index (χ0v) is 19.8. The molecule has 1 saturated heterocycles. The van der Waals surface area contributed by atoms with Crippen LogP contribution >= 0.6 is 0 Å². The summed E-state index contributed by atoms with van der Waals surface area (Å²) >= 11 is 0. The Morgan fingerprint density at radius 2 is 1.61 bits per heavy atom. The van der Waals surface area contributed by atoms with Crippen molar-refractivity contribution in [3.63, 3.8) is 0 Å². The first-order chi connectivity index (χ1) is 16.0. The van der Waals surface area contributed by atoms with Crippen LogP contribution in [0.2, 0.25) is 0 Å². The van der Waals surface area contributed by atoms with Crippen LogP contribution in [0.3, 0.4) is 0 Å². The zero-order valence-electron chi connectivity index (χ0n) is 19.8. The maximum atomic E-state index is 13.9. The van der Waals surface area contributed by atoms with Gasteiger partial charge in [0.15, 0.2) is 0 Å². The number of carbonyl (C=O) groups excluding carboxylic acids is 1. The lowest BCUT2D eigenvalue weighted by Gasteiger charge is -2.52. The van der Waals surface area contributed by atoms with Crippen LogP contribution in [0, 0.1) is 5.92 Å². The summed E-state index contributed by atoms with van der Waals surface area (Å²) in [6, 6.07) is 10.5. The number of hydrogen-bond donors (Lipinski definition) is 1. The first-order valence-electron chi connectivity index (χ1n) is 11.4. The van der Waals surface area contributed by atoms with Crippen LogP contribution in [0.15, 0.2) is 36.4 Å². The highest BCUT2D eigenvalue weighted by atomic mass is 16.5. The van der Waals surface area contributed by atoms with Gasteiger partial charge in [-0.1, -0.05) is 12.8 Å². The second-order valence-corrected chi connectivity index (χ2v) is 8.82. The van der Waals surface area contributed by atoms with Gasteiger partial charge in [0.05, 0.1) is 45.6 Å². The largest absolute Gasteiger partial charge is 0.497 e. The summed E-state index contributed by atoms with van der Waals surface area (Å²) < 4.78 is 22.0. The van der Waals surface area contributed by atoms with Crippen LogP contribution in [0.4, 0.5) is 0 Å². The number of methoxy groups -OCH3 is 4. The fourth-order valence-corrected chi connectivity index (χ4v) is 5.49. The molecule has 33 heavy (non-hydrogen) atoms. The minimum Gasteiger partial charge on any atom is -0.497 e. The van der Waals surface area contributed by atoms with E-state index in [0.29, 0.717) is 41.5 Å². The molecular formula is C26H33NO6. The van der Waals surface area contributed by atoms with E-state index < -0.39 is 5.60 Å². The monoisotopic (exact) mass is 455 g/mol. The summed E-state index contributed by atoms with van der Waals surface area (Å²) in [5.74, 6) is 2.20. The molecule has 0 spiro atoms. The number of fused-ring (bicyclic) bond motifs is 1. The maximum absolute atomic E-state index is 13.9. The molecule has 7 heteroatoms. The summed E-state index contributed by atoms with van der Waals surface area (Å²) in [4.78, 5) is 15.8. The third-order valence-electron chi connectivity index (χ3n) is 7.22. The Bertz CT molecular complexity index is 1010. The number of rotatable bonds is 6. The van der Waals surface area contributed by atoms with E-state index in [1.165, 1.54) is 0 Å². The molecule has 2 aliphatic rings. The lowest BCUT2D eigenvalue weighted by molar-refractivity contribution is -0.115. The van der Waals surface area contributed by atoms with E-state index in [1.807, 2.05) is 23.1 Å². The van der Waals surface area contributed by atoms with Gasteiger partial charge >= 0.3 is 0 Å². The maximum Gasteiger partial charge on any atom is 0.258 e. The smallest absolute Gasteiger partial charge is 0.258 e. The summed E-state index contributed by atoms with van der Waals surface area (Å²) in [6.07, 6.45) is 4.14. The molecule has 0 radical (unpaired) electrons. The molecule has 3 atom stereocenters. The third kappa shape index (κ3) is 4.22. The number of amides is 1. The Labute approximate surface area is 195 Å². The lowest BCUT2D eigenvalue weighted by atomic mass is 9.66. The van der Waals surface area contributed by atoms with E-state index in [1.54, 1.807) is 46.6 Å². The van der Waals surface area contributed by atoms with Gasteiger partial charge in [0.2, 0.25) is 0 Å². The molecule has 1 N–H and O–H groups in total. The van der Waals surface area contributed by atoms with Gasteiger partial charge in [-0.25, -0.2) is 0 Å². The van der Waals surface area contributed by atoms with E-state index in [2.05, 4.69) is 0 Å². The molecule has 1 heterocycles. The van der Waals surface area contributed by atoms with Crippen LogP contribution in [0.5, 0.6) is 23.0 Å². The first kappa shape index (κ1) is 23.2. The summed E-state index contributed by atoms with van der Waals surface area (Å²) in [5, 5.41) is 11.6. The molecule has 1 aliphatic heterocycles. The van der Waals surface area contributed by atoms with E-state index in [0.717, 1.165) is 31.2 Å². The third-order valence-corrected chi connectivity index (χ3v) is 7.22. The van der Waals surface area contributed by atoms with Crippen molar-refractivity contribution in [2.45, 2.75) is 43.7 Å². The van der Waals surface area contributed by atoms with Gasteiger partial charge in [-0.3, -0.25) is 4.79 Å². The molecule has 2 aromatic rings. The van der Waals surface area contributed by atoms with Gasteiger partial charge in [-0.2, -0.15) is 0 Å². The van der Waals surface area contributed by atoms with Crippen molar-refractivity contribution < 1.29 is 28.8 Å². The van der Waals surface area contributed by atoms with E-state index in [-0.39, 0.29) is 17.9 Å². The van der Waals surface area contributed by atoms with Crippen molar-refractivity contribution in [1.82, 2.24) is 4.90 Å². The number of carbonyl (C=O) groups is 1. The Hall–Kier alpha value is -2.93. The fraction of sp³-hybridized carbons (Fsp3) is 0.500. The molecule has 2 unspecified atom stereocenters. The van der Waals surface area contributed by atoms with E-state index in [4.69, 9.17) is 18.9 Å². The molecular weight excluding hydrogens is 422 g/mol. The number of hydrogen-bond acceptors (Lipinski definition) is 6. The van der Waals surface area contributed by atoms with Gasteiger partial charge in [-0.15, -0.1) is 0 Å². The lowest BCUT2D eigenvalue weighted by Crippen LogP contribution is -2.56. The average Bonchev–Trinajstić information content (AvgIpc) is 2.86. The normalized spacial score (nSPS) is 24.6. The van der Waals surface area contributed by atoms with Crippen LogP contribution in [0.1, 0.15) is 54.1 Å². The molecule has 2 fully saturated rings. The summed E-state index contributed by atoms with van der Waals surface area (Å²) in [7, 11) is 6.37. The van der Waals surface area contributed by atoms with Crippen molar-refractivity contribution in [2.24, 2.45) is 5.92 Å². The predicted molar refractivity (Wildman–Crippen MR) is 124 cm³/mol. The van der Waals surface area contributed by atoms with Gasteiger partial charge in [0.1, 0.15) is 23.0 Å². The molecule has 7 nitrogen and oxygen atoms in total. The van der Waals surface area contributed by atoms with E-state index in [9.17, 15) is 9.90 Å². The highest BCUT2D eigenvalue weighted by Crippen LogP contribution is 2.52. The first-order valence-corrected chi connectivity index (χ1v) is 11.4. The molecule has 178 valence electrons. The molecule has 0 aromatic heterocycles.